The van der Waals surface area contributed by atoms with E-state index in [1.54, 1.807) is 19.6 Å². The van der Waals surface area contributed by atoms with Crippen molar-refractivity contribution in [3.63, 3.8) is 0 Å². The maximum Gasteiger partial charge on any atom is 0.303 e. The second kappa shape index (κ2) is 12.7. The average Bonchev–Trinajstić information content (AvgIpc) is 2.90. The number of aliphatic hydroxyl groups is 1. The van der Waals surface area contributed by atoms with Gasteiger partial charge in [0.15, 0.2) is 0 Å². The summed E-state index contributed by atoms with van der Waals surface area (Å²) in [6, 6.07) is 7.55. The van der Waals surface area contributed by atoms with Gasteiger partial charge in [-0.05, 0) is 98.8 Å². The highest BCUT2D eigenvalue weighted by molar-refractivity contribution is 5.83. The van der Waals surface area contributed by atoms with Crippen LogP contribution >= 0.6 is 0 Å². The van der Waals surface area contributed by atoms with Gasteiger partial charge < -0.3 is 19.8 Å². The monoisotopic (exact) mass is 492 g/mol. The first kappa shape index (κ1) is 26.0. The number of aliphatic hydroxyl groups excluding tert-OH is 1. The molecule has 2 N–H and O–H groups in total. The van der Waals surface area contributed by atoms with Crippen LogP contribution in [0.25, 0.3) is 10.9 Å². The molecular weight excluding hydrogens is 456 g/mol. The van der Waals surface area contributed by atoms with Crippen LogP contribution in [0.3, 0.4) is 0 Å². The molecule has 0 amide bonds. The number of piperidine rings is 1. The number of carbonyl (C=O) groups is 1. The zero-order chi connectivity index (χ0) is 25.3. The van der Waals surface area contributed by atoms with Crippen molar-refractivity contribution >= 4 is 16.9 Å². The second-order valence-electron chi connectivity index (χ2n) is 9.79. The molecule has 0 spiro atoms. The largest absolute Gasteiger partial charge is 0.497 e. The first-order chi connectivity index (χ1) is 17.5. The molecule has 3 atom stereocenters. The maximum atomic E-state index is 11.6. The molecule has 0 saturated carbocycles. The Morgan fingerprint density at radius 3 is 2.81 bits per heavy atom. The Balaban J connectivity index is 1.31. The average molecular weight is 493 g/mol. The van der Waals surface area contributed by atoms with Crippen LogP contribution in [0.1, 0.15) is 55.8 Å². The van der Waals surface area contributed by atoms with Gasteiger partial charge in [-0.3, -0.25) is 9.78 Å². The number of hydrogen-bond donors (Lipinski definition) is 2. The number of aliphatic carboxylic acids is 1. The molecule has 8 nitrogen and oxygen atoms in total. The van der Waals surface area contributed by atoms with Crippen LogP contribution in [-0.4, -0.2) is 62.8 Å². The molecule has 4 rings (SSSR count). The van der Waals surface area contributed by atoms with Gasteiger partial charge in [-0.25, -0.2) is 9.97 Å². The third kappa shape index (κ3) is 6.98. The van der Waals surface area contributed by atoms with E-state index in [9.17, 15) is 15.0 Å². The Hall–Kier alpha value is -3.10. The molecule has 1 saturated heterocycles. The lowest BCUT2D eigenvalue weighted by molar-refractivity contribution is -0.139. The third-order valence-electron chi connectivity index (χ3n) is 7.37. The van der Waals surface area contributed by atoms with E-state index >= 15 is 0 Å². The van der Waals surface area contributed by atoms with Gasteiger partial charge in [-0.15, -0.1) is 0 Å². The van der Waals surface area contributed by atoms with Gasteiger partial charge in [0.05, 0.1) is 18.7 Å². The van der Waals surface area contributed by atoms with Crippen molar-refractivity contribution in [3.05, 3.63) is 60.3 Å². The molecule has 192 valence electrons. The van der Waals surface area contributed by atoms with E-state index < -0.39 is 12.1 Å². The van der Waals surface area contributed by atoms with Crippen molar-refractivity contribution in [2.45, 2.75) is 51.0 Å². The summed E-state index contributed by atoms with van der Waals surface area (Å²) < 4.78 is 5.36. The molecule has 1 aliphatic heterocycles. The normalized spacial score (nSPS) is 19.3. The summed E-state index contributed by atoms with van der Waals surface area (Å²) in [5, 5.41) is 21.5. The number of benzene rings is 1. The predicted molar refractivity (Wildman–Crippen MR) is 138 cm³/mol. The Kier molecular flexibility index (Phi) is 9.19. The lowest BCUT2D eigenvalue weighted by Crippen LogP contribution is -2.41. The number of methoxy groups -OCH3 is 1. The molecule has 0 bridgehead atoms. The Labute approximate surface area is 212 Å². The summed E-state index contributed by atoms with van der Waals surface area (Å²) >= 11 is 0. The number of pyridine rings is 1. The van der Waals surface area contributed by atoms with Gasteiger partial charge in [-0.2, -0.15) is 0 Å². The fraction of sp³-hybridized carbons (Fsp3) is 0.500. The molecular formula is C28H36N4O4. The number of unbranched alkanes of at least 4 members (excludes halogenated alkanes) is 1. The fourth-order valence-electron chi connectivity index (χ4n) is 5.41. The van der Waals surface area contributed by atoms with Crippen LogP contribution in [0.4, 0.5) is 0 Å². The van der Waals surface area contributed by atoms with E-state index in [-0.39, 0.29) is 18.3 Å². The Morgan fingerprint density at radius 2 is 2.03 bits per heavy atom. The molecule has 1 aliphatic rings. The van der Waals surface area contributed by atoms with Crippen molar-refractivity contribution < 1.29 is 19.7 Å². The topological polar surface area (TPSA) is 109 Å². The number of carboxylic acid groups (broad SMARTS) is 1. The van der Waals surface area contributed by atoms with Gasteiger partial charge in [0, 0.05) is 36.9 Å². The number of aromatic nitrogens is 3. The van der Waals surface area contributed by atoms with Crippen LogP contribution in [0.5, 0.6) is 5.75 Å². The number of carboxylic acids is 1. The third-order valence-corrected chi connectivity index (χ3v) is 7.37. The van der Waals surface area contributed by atoms with Crippen LogP contribution in [0.2, 0.25) is 0 Å². The lowest BCUT2D eigenvalue weighted by atomic mass is 9.79. The van der Waals surface area contributed by atoms with E-state index in [0.29, 0.717) is 6.42 Å². The minimum atomic E-state index is -0.747. The van der Waals surface area contributed by atoms with Crippen molar-refractivity contribution in [1.29, 1.82) is 0 Å². The molecule has 0 aliphatic carbocycles. The minimum Gasteiger partial charge on any atom is -0.497 e. The molecule has 1 aromatic carbocycles. The van der Waals surface area contributed by atoms with Crippen LogP contribution in [0, 0.1) is 11.8 Å². The standard InChI is InChI=1S/C28H36N4O4/c1-36-23-6-7-26-25(15-23)24(9-11-31-26)27(33)8-5-21-10-13-32(18-22(21)14-28(34)35)12-3-2-4-20-16-29-19-30-17-20/h6-7,9,11,15-17,19,21-22,27,33H,2-5,8,10,12-14,18H2,1H3,(H,34,35)/t21-,22+,27+/m1/s1. The maximum absolute atomic E-state index is 11.6. The minimum absolute atomic E-state index is 0.0975. The highest BCUT2D eigenvalue weighted by Gasteiger charge is 2.31. The molecule has 8 heteroatoms. The van der Waals surface area contributed by atoms with Gasteiger partial charge in [0.1, 0.15) is 12.1 Å². The number of aryl methyl sites for hydroxylation is 1. The number of hydrogen-bond acceptors (Lipinski definition) is 7. The van der Waals surface area contributed by atoms with Gasteiger partial charge >= 0.3 is 5.97 Å². The molecule has 0 radical (unpaired) electrons. The fourth-order valence-corrected chi connectivity index (χ4v) is 5.41. The first-order valence-corrected chi connectivity index (χ1v) is 12.8. The van der Waals surface area contributed by atoms with Gasteiger partial charge in [0.2, 0.25) is 0 Å². The van der Waals surface area contributed by atoms with Crippen molar-refractivity contribution in [2.75, 3.05) is 26.7 Å². The summed E-state index contributed by atoms with van der Waals surface area (Å²) in [6.07, 6.45) is 12.0. The zero-order valence-corrected chi connectivity index (χ0v) is 20.9. The van der Waals surface area contributed by atoms with Crippen LogP contribution in [-0.2, 0) is 11.2 Å². The summed E-state index contributed by atoms with van der Waals surface area (Å²) in [4.78, 5) is 26.6. The van der Waals surface area contributed by atoms with E-state index in [4.69, 9.17) is 4.74 Å². The highest BCUT2D eigenvalue weighted by atomic mass is 16.5. The molecule has 0 unspecified atom stereocenters. The van der Waals surface area contributed by atoms with Crippen LogP contribution < -0.4 is 4.74 Å². The van der Waals surface area contributed by atoms with Crippen LogP contribution in [0.15, 0.2) is 49.2 Å². The van der Waals surface area contributed by atoms with Crippen molar-refractivity contribution in [2.24, 2.45) is 11.8 Å². The summed E-state index contributed by atoms with van der Waals surface area (Å²) in [5.41, 5.74) is 2.82. The quantitative estimate of drug-likeness (QED) is 0.361. The molecule has 3 heterocycles. The number of rotatable bonds is 12. The van der Waals surface area contributed by atoms with E-state index in [1.807, 2.05) is 36.7 Å². The van der Waals surface area contributed by atoms with Crippen molar-refractivity contribution in [3.8, 4) is 5.75 Å². The number of ether oxygens (including phenoxy) is 1. The van der Waals surface area contributed by atoms with Gasteiger partial charge in [0.25, 0.3) is 0 Å². The molecule has 3 aromatic rings. The van der Waals surface area contributed by atoms with E-state index in [0.717, 1.165) is 79.5 Å². The number of fused-ring (bicyclic) bond motifs is 1. The number of nitrogens with zero attached hydrogens (tertiary/aromatic N) is 4. The zero-order valence-electron chi connectivity index (χ0n) is 20.9. The summed E-state index contributed by atoms with van der Waals surface area (Å²) in [6.45, 7) is 2.75. The Morgan fingerprint density at radius 1 is 1.19 bits per heavy atom. The van der Waals surface area contributed by atoms with E-state index in [2.05, 4.69) is 19.9 Å². The predicted octanol–water partition coefficient (Wildman–Crippen LogP) is 4.28. The summed E-state index contributed by atoms with van der Waals surface area (Å²) in [5.74, 6) is 0.370. The molecule has 2 aromatic heterocycles. The molecule has 36 heavy (non-hydrogen) atoms. The van der Waals surface area contributed by atoms with Gasteiger partial charge in [-0.1, -0.05) is 0 Å². The SMILES string of the molecule is COc1ccc2nccc([C@@H](O)CC[C@@H]3CCN(CCCCc4cncnc4)C[C@@H]3CC(=O)O)c2c1. The summed E-state index contributed by atoms with van der Waals surface area (Å²) in [7, 11) is 1.63. The van der Waals surface area contributed by atoms with E-state index in [1.165, 1.54) is 0 Å². The smallest absolute Gasteiger partial charge is 0.303 e. The molecule has 1 fully saturated rings. The number of likely N-dealkylation sites (tertiary alicyclic amines) is 1. The lowest BCUT2D eigenvalue weighted by Gasteiger charge is -2.38. The Bertz CT molecular complexity index is 1130. The van der Waals surface area contributed by atoms with Crippen molar-refractivity contribution in [1.82, 2.24) is 19.9 Å². The second-order valence-corrected chi connectivity index (χ2v) is 9.79. The first-order valence-electron chi connectivity index (χ1n) is 12.8. The highest BCUT2D eigenvalue weighted by Crippen LogP contribution is 2.34.